The number of phenolic OH excluding ortho intramolecular Hbond substituents is 2. The van der Waals surface area contributed by atoms with Crippen LogP contribution in [0.4, 0.5) is 0 Å². The van der Waals surface area contributed by atoms with Crippen LogP contribution in [0.3, 0.4) is 0 Å². The molecule has 21 heavy (non-hydrogen) atoms. The van der Waals surface area contributed by atoms with Gasteiger partial charge in [-0.1, -0.05) is 30.3 Å². The van der Waals surface area contributed by atoms with Gasteiger partial charge in [0.25, 0.3) is 5.91 Å². The van der Waals surface area contributed by atoms with Gasteiger partial charge in [0.05, 0.1) is 0 Å². The molecule has 0 aliphatic rings. The molecule has 108 valence electrons. The van der Waals surface area contributed by atoms with Crippen LogP contribution in [-0.4, -0.2) is 27.2 Å². The van der Waals surface area contributed by atoms with Gasteiger partial charge in [-0.15, -0.1) is 0 Å². The first-order valence-corrected chi connectivity index (χ1v) is 6.09. The molecule has 6 nitrogen and oxygen atoms in total. The van der Waals surface area contributed by atoms with E-state index >= 15 is 0 Å². The third-order valence-electron chi connectivity index (χ3n) is 2.82. The zero-order valence-electron chi connectivity index (χ0n) is 10.9. The van der Waals surface area contributed by atoms with Gasteiger partial charge in [0.1, 0.15) is 11.5 Å². The van der Waals surface area contributed by atoms with Crippen molar-refractivity contribution in [3.05, 3.63) is 59.7 Å². The maximum atomic E-state index is 12.0. The number of amides is 1. The Labute approximate surface area is 120 Å². The molecule has 4 N–H and O–H groups in total. The van der Waals surface area contributed by atoms with Crippen LogP contribution in [0.25, 0.3) is 0 Å². The predicted molar refractivity (Wildman–Crippen MR) is 74.1 cm³/mol. The van der Waals surface area contributed by atoms with E-state index in [1.807, 2.05) is 0 Å². The van der Waals surface area contributed by atoms with Gasteiger partial charge in [0.2, 0.25) is 0 Å². The van der Waals surface area contributed by atoms with E-state index in [-0.39, 0.29) is 17.1 Å². The van der Waals surface area contributed by atoms with Crippen LogP contribution in [0.2, 0.25) is 0 Å². The predicted octanol–water partition coefficient (Wildman–Crippen LogP) is 1.65. The average molecular weight is 287 g/mol. The summed E-state index contributed by atoms with van der Waals surface area (Å²) in [5.74, 6) is -2.49. The van der Waals surface area contributed by atoms with Crippen molar-refractivity contribution in [1.29, 1.82) is 0 Å². The summed E-state index contributed by atoms with van der Waals surface area (Å²) >= 11 is 0. The number of hydrogen-bond acceptors (Lipinski definition) is 4. The van der Waals surface area contributed by atoms with Gasteiger partial charge < -0.3 is 20.6 Å². The minimum atomic E-state index is -1.22. The van der Waals surface area contributed by atoms with Crippen LogP contribution in [0, 0.1) is 0 Å². The highest BCUT2D eigenvalue weighted by Crippen LogP contribution is 2.21. The SMILES string of the molecule is O=C(N[C@@H](C(=O)O)c1ccccc1)c1cc(O)cc(O)c1. The zero-order chi connectivity index (χ0) is 15.4. The van der Waals surface area contributed by atoms with Crippen LogP contribution in [0.5, 0.6) is 11.5 Å². The third-order valence-corrected chi connectivity index (χ3v) is 2.82. The highest BCUT2D eigenvalue weighted by molar-refractivity contribution is 5.97. The highest BCUT2D eigenvalue weighted by atomic mass is 16.4. The minimum absolute atomic E-state index is 0.0327. The van der Waals surface area contributed by atoms with Crippen molar-refractivity contribution in [1.82, 2.24) is 5.32 Å². The molecule has 0 bridgehead atoms. The second kappa shape index (κ2) is 5.96. The quantitative estimate of drug-likeness (QED) is 0.684. The molecule has 0 aliphatic heterocycles. The molecule has 1 atom stereocenters. The Morgan fingerprint density at radius 3 is 2.05 bits per heavy atom. The Balaban J connectivity index is 2.25. The van der Waals surface area contributed by atoms with Gasteiger partial charge in [0.15, 0.2) is 6.04 Å². The zero-order valence-corrected chi connectivity index (χ0v) is 10.9. The fourth-order valence-electron chi connectivity index (χ4n) is 1.87. The number of rotatable bonds is 4. The molecule has 0 fully saturated rings. The fraction of sp³-hybridized carbons (Fsp3) is 0.0667. The van der Waals surface area contributed by atoms with E-state index in [2.05, 4.69) is 5.32 Å². The molecule has 0 saturated carbocycles. The molecule has 2 rings (SSSR count). The Morgan fingerprint density at radius 1 is 0.952 bits per heavy atom. The number of nitrogens with one attached hydrogen (secondary N) is 1. The van der Waals surface area contributed by atoms with Crippen LogP contribution < -0.4 is 5.32 Å². The Hall–Kier alpha value is -3.02. The van der Waals surface area contributed by atoms with Crippen molar-refractivity contribution < 1.29 is 24.9 Å². The summed E-state index contributed by atoms with van der Waals surface area (Å²) in [5.41, 5.74) is 0.386. The summed E-state index contributed by atoms with van der Waals surface area (Å²) in [6.45, 7) is 0. The number of aromatic hydroxyl groups is 2. The maximum absolute atomic E-state index is 12.0. The lowest BCUT2D eigenvalue weighted by molar-refractivity contribution is -0.139. The van der Waals surface area contributed by atoms with Crippen LogP contribution in [-0.2, 0) is 4.79 Å². The van der Waals surface area contributed by atoms with Crippen LogP contribution >= 0.6 is 0 Å². The lowest BCUT2D eigenvalue weighted by atomic mass is 10.1. The fourth-order valence-corrected chi connectivity index (χ4v) is 1.87. The normalized spacial score (nSPS) is 11.6. The van der Waals surface area contributed by atoms with Gasteiger partial charge in [-0.3, -0.25) is 4.79 Å². The smallest absolute Gasteiger partial charge is 0.330 e. The summed E-state index contributed by atoms with van der Waals surface area (Å²) < 4.78 is 0. The van der Waals surface area contributed by atoms with E-state index in [4.69, 9.17) is 0 Å². The van der Waals surface area contributed by atoms with Crippen molar-refractivity contribution in [3.63, 3.8) is 0 Å². The molecule has 0 spiro atoms. The number of aliphatic carboxylic acids is 1. The second-order valence-corrected chi connectivity index (χ2v) is 4.39. The van der Waals surface area contributed by atoms with Crippen LogP contribution in [0.15, 0.2) is 48.5 Å². The first kappa shape index (κ1) is 14.4. The molecule has 0 aliphatic carbocycles. The maximum Gasteiger partial charge on any atom is 0.330 e. The minimum Gasteiger partial charge on any atom is -0.508 e. The Bertz CT molecular complexity index is 649. The number of benzene rings is 2. The summed E-state index contributed by atoms with van der Waals surface area (Å²) in [6.07, 6.45) is 0. The standard InChI is InChI=1S/C15H13NO5/c17-11-6-10(7-12(18)8-11)14(19)16-13(15(20)21)9-4-2-1-3-5-9/h1-8,13,17-18H,(H,16,19)(H,20,21)/t13-/m1/s1. The second-order valence-electron chi connectivity index (χ2n) is 4.39. The lowest BCUT2D eigenvalue weighted by Gasteiger charge is -2.15. The van der Waals surface area contributed by atoms with Crippen molar-refractivity contribution in [3.8, 4) is 11.5 Å². The molecule has 0 heterocycles. The number of carbonyl (C=O) groups excluding carboxylic acids is 1. The number of phenols is 2. The van der Waals surface area contributed by atoms with Gasteiger partial charge in [-0.25, -0.2) is 4.79 Å². The average Bonchev–Trinajstić information content (AvgIpc) is 2.44. The Kier molecular flexibility index (Phi) is 4.08. The van der Waals surface area contributed by atoms with E-state index in [0.717, 1.165) is 18.2 Å². The van der Waals surface area contributed by atoms with E-state index < -0.39 is 17.9 Å². The molecule has 1 amide bonds. The molecule has 0 radical (unpaired) electrons. The van der Waals surface area contributed by atoms with Crippen molar-refractivity contribution in [2.45, 2.75) is 6.04 Å². The summed E-state index contributed by atoms with van der Waals surface area (Å²) in [5, 5.41) is 30.3. The molecule has 6 heteroatoms. The van der Waals surface area contributed by atoms with Gasteiger partial charge in [-0.2, -0.15) is 0 Å². The van der Waals surface area contributed by atoms with Gasteiger partial charge in [0, 0.05) is 11.6 Å². The summed E-state index contributed by atoms with van der Waals surface area (Å²) in [6, 6.07) is 10.4. The molecule has 0 aromatic heterocycles. The Morgan fingerprint density at radius 2 is 1.52 bits per heavy atom. The van der Waals surface area contributed by atoms with Crippen molar-refractivity contribution in [2.75, 3.05) is 0 Å². The van der Waals surface area contributed by atoms with E-state index in [9.17, 15) is 24.9 Å². The van der Waals surface area contributed by atoms with E-state index in [1.165, 1.54) is 0 Å². The van der Waals surface area contributed by atoms with Gasteiger partial charge >= 0.3 is 5.97 Å². The first-order chi connectivity index (χ1) is 9.97. The number of carboxylic acids is 1. The third kappa shape index (κ3) is 3.50. The van der Waals surface area contributed by atoms with Gasteiger partial charge in [-0.05, 0) is 17.7 Å². The van der Waals surface area contributed by atoms with Crippen molar-refractivity contribution in [2.24, 2.45) is 0 Å². The van der Waals surface area contributed by atoms with Crippen LogP contribution in [0.1, 0.15) is 22.0 Å². The van der Waals surface area contributed by atoms with Crippen molar-refractivity contribution >= 4 is 11.9 Å². The van der Waals surface area contributed by atoms with E-state index in [1.54, 1.807) is 30.3 Å². The monoisotopic (exact) mass is 287 g/mol. The highest BCUT2D eigenvalue weighted by Gasteiger charge is 2.22. The number of carbonyl (C=O) groups is 2. The molecule has 0 unspecified atom stereocenters. The molecular weight excluding hydrogens is 274 g/mol. The molecule has 2 aromatic carbocycles. The molecule has 2 aromatic rings. The van der Waals surface area contributed by atoms with E-state index in [0.29, 0.717) is 5.56 Å². The topological polar surface area (TPSA) is 107 Å². The molecular formula is C15H13NO5. The summed E-state index contributed by atoms with van der Waals surface area (Å²) in [4.78, 5) is 23.3. The first-order valence-electron chi connectivity index (χ1n) is 6.09. The largest absolute Gasteiger partial charge is 0.508 e. The number of carboxylic acid groups (broad SMARTS) is 1. The number of hydrogen-bond donors (Lipinski definition) is 4. The molecule has 0 saturated heterocycles. The summed E-state index contributed by atoms with van der Waals surface area (Å²) in [7, 11) is 0. The lowest BCUT2D eigenvalue weighted by Crippen LogP contribution is -2.33.